The van der Waals surface area contributed by atoms with Crippen LogP contribution in [0.2, 0.25) is 0 Å². The van der Waals surface area contributed by atoms with Crippen LogP contribution in [0.15, 0.2) is 24.3 Å². The van der Waals surface area contributed by atoms with Crippen LogP contribution >= 0.6 is 12.4 Å². The first-order valence-electron chi connectivity index (χ1n) is 7.57. The molecule has 2 heterocycles. The zero-order valence-electron chi connectivity index (χ0n) is 13.4. The molecule has 3 rings (SSSR count). The molecule has 1 aromatic rings. The number of nitrogens with zero attached hydrogens (tertiary/aromatic N) is 1. The maximum Gasteiger partial charge on any atom is 0.322 e. The van der Waals surface area contributed by atoms with Gasteiger partial charge in [0.1, 0.15) is 5.54 Å². The molecule has 0 aromatic heterocycles. The van der Waals surface area contributed by atoms with Gasteiger partial charge in [-0.2, -0.15) is 0 Å². The fourth-order valence-corrected chi connectivity index (χ4v) is 3.02. The van der Waals surface area contributed by atoms with Gasteiger partial charge >= 0.3 is 12.0 Å². The van der Waals surface area contributed by atoms with Crippen LogP contribution in [0, 0.1) is 5.92 Å². The molecule has 1 aromatic carbocycles. The van der Waals surface area contributed by atoms with Crippen LogP contribution in [0.1, 0.15) is 29.3 Å². The quantitative estimate of drug-likeness (QED) is 0.680. The largest absolute Gasteiger partial charge is 0.481 e. The van der Waals surface area contributed by atoms with Crippen molar-refractivity contribution in [3.63, 3.8) is 0 Å². The van der Waals surface area contributed by atoms with E-state index in [1.54, 1.807) is 31.2 Å². The van der Waals surface area contributed by atoms with Gasteiger partial charge in [-0.3, -0.25) is 19.7 Å². The lowest BCUT2D eigenvalue weighted by Crippen LogP contribution is -2.40. The van der Waals surface area contributed by atoms with E-state index in [0.717, 1.165) is 0 Å². The number of aliphatic carboxylic acids is 1. The maximum atomic E-state index is 12.4. The number of likely N-dealkylation sites (tertiary alicyclic amines) is 1. The third-order valence-corrected chi connectivity index (χ3v) is 4.58. The summed E-state index contributed by atoms with van der Waals surface area (Å²) in [5.41, 5.74) is -0.189. The second-order valence-corrected chi connectivity index (χ2v) is 6.19. The monoisotopic (exact) mass is 367 g/mol. The summed E-state index contributed by atoms with van der Waals surface area (Å²) in [5, 5.41) is 13.7. The number of hydrogen-bond acceptors (Lipinski definition) is 4. The van der Waals surface area contributed by atoms with Gasteiger partial charge < -0.3 is 15.3 Å². The van der Waals surface area contributed by atoms with Gasteiger partial charge in [-0.05, 0) is 31.0 Å². The summed E-state index contributed by atoms with van der Waals surface area (Å²) in [7, 11) is 0. The number of imide groups is 1. The van der Waals surface area contributed by atoms with E-state index in [2.05, 4.69) is 10.6 Å². The third kappa shape index (κ3) is 3.30. The van der Waals surface area contributed by atoms with Crippen molar-refractivity contribution in [2.45, 2.75) is 18.9 Å². The standard InChI is InChI=1S/C16H17N3O5.ClH/c1-16(14(23)17-15(24)18-16)11-4-2-9(3-5-11)12(20)19-7-6-10(8-19)13(21)22;/h2-5,10H,6-8H2,1H3,(H,21,22)(H2,17,18,23,24);1H. The molecule has 2 unspecified atom stereocenters. The van der Waals surface area contributed by atoms with Crippen molar-refractivity contribution in [2.75, 3.05) is 13.1 Å². The maximum absolute atomic E-state index is 12.4. The van der Waals surface area contributed by atoms with Gasteiger partial charge in [0.25, 0.3) is 11.8 Å². The number of carboxylic acids is 1. The Kier molecular flexibility index (Phi) is 5.03. The molecule has 0 saturated carbocycles. The predicted molar refractivity (Wildman–Crippen MR) is 89.4 cm³/mol. The SMILES string of the molecule is CC1(c2ccc(C(=O)N3CCC(C(=O)O)C3)cc2)NC(=O)NC1=O.Cl. The summed E-state index contributed by atoms with van der Waals surface area (Å²) >= 11 is 0. The Labute approximate surface area is 150 Å². The van der Waals surface area contributed by atoms with Crippen LogP contribution in [0.25, 0.3) is 0 Å². The normalized spacial score (nSPS) is 25.2. The first-order valence-corrected chi connectivity index (χ1v) is 7.57. The van der Waals surface area contributed by atoms with E-state index in [-0.39, 0.29) is 24.9 Å². The molecule has 134 valence electrons. The molecule has 2 fully saturated rings. The lowest BCUT2D eigenvalue weighted by atomic mass is 9.91. The average molecular weight is 368 g/mol. The molecule has 2 atom stereocenters. The number of urea groups is 1. The molecule has 2 aliphatic heterocycles. The minimum Gasteiger partial charge on any atom is -0.481 e. The minimum absolute atomic E-state index is 0. The molecule has 0 bridgehead atoms. The Morgan fingerprint density at radius 2 is 1.88 bits per heavy atom. The van der Waals surface area contributed by atoms with Crippen molar-refractivity contribution >= 4 is 36.2 Å². The van der Waals surface area contributed by atoms with E-state index in [4.69, 9.17) is 5.11 Å². The van der Waals surface area contributed by atoms with Gasteiger partial charge in [-0.25, -0.2) is 4.79 Å². The molecule has 3 N–H and O–H groups in total. The van der Waals surface area contributed by atoms with Gasteiger partial charge in [0.15, 0.2) is 0 Å². The fourth-order valence-electron chi connectivity index (χ4n) is 3.02. The highest BCUT2D eigenvalue weighted by molar-refractivity contribution is 6.07. The molecule has 4 amide bonds. The summed E-state index contributed by atoms with van der Waals surface area (Å²) in [6.07, 6.45) is 0.448. The lowest BCUT2D eigenvalue weighted by Gasteiger charge is -2.22. The molecule has 25 heavy (non-hydrogen) atoms. The molecule has 2 aliphatic rings. The number of carboxylic acid groups (broad SMARTS) is 1. The highest BCUT2D eigenvalue weighted by atomic mass is 35.5. The second kappa shape index (κ2) is 6.72. The Bertz CT molecular complexity index is 736. The van der Waals surface area contributed by atoms with Crippen LogP contribution in [-0.2, 0) is 15.1 Å². The Hall–Kier alpha value is -2.61. The summed E-state index contributed by atoms with van der Waals surface area (Å²) in [5.74, 6) is -2.10. The highest BCUT2D eigenvalue weighted by Gasteiger charge is 2.43. The van der Waals surface area contributed by atoms with E-state index in [0.29, 0.717) is 24.1 Å². The second-order valence-electron chi connectivity index (χ2n) is 6.19. The van der Waals surface area contributed by atoms with Crippen molar-refractivity contribution in [1.29, 1.82) is 0 Å². The first kappa shape index (κ1) is 18.7. The number of hydrogen-bond donors (Lipinski definition) is 3. The molecular weight excluding hydrogens is 350 g/mol. The van der Waals surface area contributed by atoms with E-state index < -0.39 is 29.4 Å². The molecule has 0 radical (unpaired) electrons. The zero-order valence-corrected chi connectivity index (χ0v) is 14.3. The van der Waals surface area contributed by atoms with Gasteiger partial charge in [0.2, 0.25) is 0 Å². The van der Waals surface area contributed by atoms with Crippen LogP contribution < -0.4 is 10.6 Å². The molecule has 9 heteroatoms. The molecular formula is C16H18ClN3O5. The van der Waals surface area contributed by atoms with Gasteiger partial charge in [-0.1, -0.05) is 12.1 Å². The van der Waals surface area contributed by atoms with Crippen molar-refractivity contribution in [1.82, 2.24) is 15.5 Å². The number of rotatable bonds is 3. The van der Waals surface area contributed by atoms with Gasteiger partial charge in [0, 0.05) is 18.7 Å². The van der Waals surface area contributed by atoms with E-state index in [1.165, 1.54) is 4.90 Å². The third-order valence-electron chi connectivity index (χ3n) is 4.58. The van der Waals surface area contributed by atoms with Crippen LogP contribution in [0.5, 0.6) is 0 Å². The molecule has 0 aliphatic carbocycles. The number of carbonyl (C=O) groups is 4. The van der Waals surface area contributed by atoms with Gasteiger partial charge in [0.05, 0.1) is 5.92 Å². The highest BCUT2D eigenvalue weighted by Crippen LogP contribution is 2.25. The summed E-state index contributed by atoms with van der Waals surface area (Å²) in [6, 6.07) is 5.83. The van der Waals surface area contributed by atoms with Crippen LogP contribution in [0.3, 0.4) is 0 Å². The molecule has 8 nitrogen and oxygen atoms in total. The van der Waals surface area contributed by atoms with E-state index >= 15 is 0 Å². The summed E-state index contributed by atoms with van der Waals surface area (Å²) in [6.45, 7) is 2.20. The number of nitrogens with one attached hydrogen (secondary N) is 2. The van der Waals surface area contributed by atoms with Gasteiger partial charge in [-0.15, -0.1) is 12.4 Å². The smallest absolute Gasteiger partial charge is 0.322 e. The number of benzene rings is 1. The summed E-state index contributed by atoms with van der Waals surface area (Å²) in [4.78, 5) is 48.2. The summed E-state index contributed by atoms with van der Waals surface area (Å²) < 4.78 is 0. The minimum atomic E-state index is -1.17. The average Bonchev–Trinajstić information content (AvgIpc) is 3.13. The van der Waals surface area contributed by atoms with E-state index in [1.807, 2.05) is 0 Å². The van der Waals surface area contributed by atoms with Crippen molar-refractivity contribution in [3.05, 3.63) is 35.4 Å². The first-order chi connectivity index (χ1) is 11.3. The molecule has 2 saturated heterocycles. The number of amides is 4. The zero-order chi connectivity index (χ0) is 17.5. The van der Waals surface area contributed by atoms with Crippen LogP contribution in [-0.4, -0.2) is 46.9 Å². The topological polar surface area (TPSA) is 116 Å². The fraction of sp³-hybridized carbons (Fsp3) is 0.375. The van der Waals surface area contributed by atoms with Crippen LogP contribution in [0.4, 0.5) is 4.79 Å². The van der Waals surface area contributed by atoms with Crippen molar-refractivity contribution in [3.8, 4) is 0 Å². The predicted octanol–water partition coefficient (Wildman–Crippen LogP) is 0.710. The van der Waals surface area contributed by atoms with Crippen molar-refractivity contribution in [2.24, 2.45) is 5.92 Å². The Morgan fingerprint density at radius 3 is 2.36 bits per heavy atom. The molecule has 0 spiro atoms. The lowest BCUT2D eigenvalue weighted by molar-refractivity contribution is -0.141. The Balaban J connectivity index is 0.00000225. The Morgan fingerprint density at radius 1 is 1.24 bits per heavy atom. The van der Waals surface area contributed by atoms with E-state index in [9.17, 15) is 19.2 Å². The number of carbonyl (C=O) groups excluding carboxylic acids is 3. The van der Waals surface area contributed by atoms with Crippen molar-refractivity contribution < 1.29 is 24.3 Å². The number of halogens is 1.